The van der Waals surface area contributed by atoms with Gasteiger partial charge >= 0.3 is 0 Å². The predicted octanol–water partition coefficient (Wildman–Crippen LogP) is 2.58. The van der Waals surface area contributed by atoms with E-state index in [1.807, 2.05) is 26.0 Å². The van der Waals surface area contributed by atoms with Crippen LogP contribution in [-0.4, -0.2) is 23.7 Å². The number of carbonyl (C=O) groups excluding carboxylic acids is 1. The summed E-state index contributed by atoms with van der Waals surface area (Å²) in [4.78, 5) is 12.1. The first-order valence-electron chi connectivity index (χ1n) is 6.13. The van der Waals surface area contributed by atoms with Crippen LogP contribution in [0.1, 0.15) is 32.3 Å². The van der Waals surface area contributed by atoms with Gasteiger partial charge in [-0.05, 0) is 30.5 Å². The van der Waals surface area contributed by atoms with Crippen molar-refractivity contribution >= 4 is 17.5 Å². The van der Waals surface area contributed by atoms with Crippen molar-refractivity contribution in [2.75, 3.05) is 6.54 Å². The van der Waals surface area contributed by atoms with Crippen LogP contribution in [0, 0.1) is 5.92 Å². The minimum atomic E-state index is -0.535. The Morgan fingerprint density at radius 2 is 1.83 bits per heavy atom. The van der Waals surface area contributed by atoms with Gasteiger partial charge in [0, 0.05) is 11.6 Å². The molecule has 1 rings (SSSR count). The summed E-state index contributed by atoms with van der Waals surface area (Å²) in [5, 5.41) is 12.6. The molecule has 0 aromatic heterocycles. The molecule has 0 bridgehead atoms. The third-order valence-electron chi connectivity index (χ3n) is 2.75. The average Bonchev–Trinajstić information content (AvgIpc) is 2.29. The normalized spacial score (nSPS) is 14.3. The number of aliphatic hydroxyl groups is 1. The van der Waals surface area contributed by atoms with E-state index in [9.17, 15) is 9.90 Å². The number of aliphatic hydroxyl groups excluding tert-OH is 1. The third kappa shape index (κ3) is 4.31. The maximum absolute atomic E-state index is 12.1. The Bertz CT molecular complexity index is 387. The number of carbonyl (C=O) groups is 1. The summed E-state index contributed by atoms with van der Waals surface area (Å²) in [5.74, 6) is -0.102. The van der Waals surface area contributed by atoms with Crippen molar-refractivity contribution in [3.05, 3.63) is 34.9 Å². The van der Waals surface area contributed by atoms with E-state index < -0.39 is 6.10 Å². The zero-order valence-electron chi connectivity index (χ0n) is 11.0. The van der Waals surface area contributed by atoms with Gasteiger partial charge in [0.15, 0.2) is 0 Å². The smallest absolute Gasteiger partial charge is 0.227 e. The number of hydrogen-bond acceptors (Lipinski definition) is 2. The van der Waals surface area contributed by atoms with E-state index in [4.69, 9.17) is 11.6 Å². The van der Waals surface area contributed by atoms with E-state index in [0.717, 1.165) is 5.56 Å². The minimum Gasteiger partial charge on any atom is -0.392 e. The van der Waals surface area contributed by atoms with Gasteiger partial charge in [-0.3, -0.25) is 4.79 Å². The Hall–Kier alpha value is -1.06. The van der Waals surface area contributed by atoms with Crippen molar-refractivity contribution in [3.63, 3.8) is 0 Å². The molecular formula is C14H20ClNO2. The van der Waals surface area contributed by atoms with Crippen LogP contribution < -0.4 is 5.32 Å². The van der Waals surface area contributed by atoms with Gasteiger partial charge in [0.1, 0.15) is 0 Å². The second-order valence-electron chi connectivity index (χ2n) is 4.87. The van der Waals surface area contributed by atoms with Crippen LogP contribution >= 0.6 is 11.6 Å². The first-order valence-corrected chi connectivity index (χ1v) is 6.51. The van der Waals surface area contributed by atoms with Crippen LogP contribution in [0.2, 0.25) is 5.02 Å². The van der Waals surface area contributed by atoms with E-state index >= 15 is 0 Å². The number of nitrogens with one attached hydrogen (secondary N) is 1. The highest BCUT2D eigenvalue weighted by atomic mass is 35.5. The number of hydrogen-bond donors (Lipinski definition) is 2. The standard InChI is InChI=1S/C14H20ClNO2/c1-9(2)13(14(18)16-8-10(3)17)11-4-6-12(15)7-5-11/h4-7,9-10,13,17H,8H2,1-3H3,(H,16,18). The van der Waals surface area contributed by atoms with Crippen molar-refractivity contribution < 1.29 is 9.90 Å². The van der Waals surface area contributed by atoms with Gasteiger partial charge in [0.2, 0.25) is 5.91 Å². The molecule has 1 aromatic rings. The minimum absolute atomic E-state index is 0.0618. The highest BCUT2D eigenvalue weighted by Crippen LogP contribution is 2.25. The summed E-state index contributed by atoms with van der Waals surface area (Å²) in [6.45, 7) is 5.92. The predicted molar refractivity (Wildman–Crippen MR) is 73.7 cm³/mol. The summed E-state index contributed by atoms with van der Waals surface area (Å²) in [6.07, 6.45) is -0.535. The van der Waals surface area contributed by atoms with Crippen molar-refractivity contribution in [2.24, 2.45) is 5.92 Å². The molecule has 0 radical (unpaired) electrons. The second-order valence-corrected chi connectivity index (χ2v) is 5.30. The summed E-state index contributed by atoms with van der Waals surface area (Å²) < 4.78 is 0. The van der Waals surface area contributed by atoms with Crippen molar-refractivity contribution in [1.82, 2.24) is 5.32 Å². The fraction of sp³-hybridized carbons (Fsp3) is 0.500. The van der Waals surface area contributed by atoms with Gasteiger partial charge < -0.3 is 10.4 Å². The molecular weight excluding hydrogens is 250 g/mol. The fourth-order valence-electron chi connectivity index (χ4n) is 1.87. The SMILES string of the molecule is CC(O)CNC(=O)C(c1ccc(Cl)cc1)C(C)C. The lowest BCUT2D eigenvalue weighted by molar-refractivity contribution is -0.123. The van der Waals surface area contributed by atoms with Crippen LogP contribution in [0.25, 0.3) is 0 Å². The van der Waals surface area contributed by atoms with Crippen LogP contribution in [0.3, 0.4) is 0 Å². The quantitative estimate of drug-likeness (QED) is 0.863. The fourth-order valence-corrected chi connectivity index (χ4v) is 1.99. The molecule has 0 saturated heterocycles. The maximum Gasteiger partial charge on any atom is 0.227 e. The van der Waals surface area contributed by atoms with E-state index in [2.05, 4.69) is 5.32 Å². The first-order chi connectivity index (χ1) is 8.41. The van der Waals surface area contributed by atoms with Crippen molar-refractivity contribution in [3.8, 4) is 0 Å². The molecule has 3 nitrogen and oxygen atoms in total. The molecule has 1 aromatic carbocycles. The zero-order valence-corrected chi connectivity index (χ0v) is 11.7. The van der Waals surface area contributed by atoms with Crippen LogP contribution in [0.15, 0.2) is 24.3 Å². The summed E-state index contributed by atoms with van der Waals surface area (Å²) >= 11 is 5.84. The Labute approximate surface area is 113 Å². The number of rotatable bonds is 5. The topological polar surface area (TPSA) is 49.3 Å². The molecule has 0 heterocycles. The molecule has 100 valence electrons. The van der Waals surface area contributed by atoms with E-state index in [1.54, 1.807) is 19.1 Å². The molecule has 18 heavy (non-hydrogen) atoms. The number of amides is 1. The Balaban J connectivity index is 2.82. The molecule has 2 N–H and O–H groups in total. The molecule has 0 spiro atoms. The van der Waals surface area contributed by atoms with E-state index in [-0.39, 0.29) is 24.3 Å². The Morgan fingerprint density at radius 1 is 1.28 bits per heavy atom. The molecule has 0 aliphatic rings. The lowest BCUT2D eigenvalue weighted by Crippen LogP contribution is -2.36. The zero-order chi connectivity index (χ0) is 13.7. The van der Waals surface area contributed by atoms with Crippen LogP contribution in [-0.2, 0) is 4.79 Å². The highest BCUT2D eigenvalue weighted by Gasteiger charge is 2.23. The molecule has 0 saturated carbocycles. The number of benzene rings is 1. The van der Waals surface area contributed by atoms with Crippen molar-refractivity contribution in [2.45, 2.75) is 32.8 Å². The van der Waals surface area contributed by atoms with Gasteiger partial charge in [-0.25, -0.2) is 0 Å². The maximum atomic E-state index is 12.1. The van der Waals surface area contributed by atoms with Gasteiger partial charge in [0.05, 0.1) is 12.0 Å². The molecule has 2 atom stereocenters. The van der Waals surface area contributed by atoms with Gasteiger partial charge in [-0.2, -0.15) is 0 Å². The summed E-state index contributed by atoms with van der Waals surface area (Å²) in [6, 6.07) is 7.31. The molecule has 1 amide bonds. The largest absolute Gasteiger partial charge is 0.392 e. The molecule has 4 heteroatoms. The average molecular weight is 270 g/mol. The molecule has 0 aliphatic carbocycles. The molecule has 0 fully saturated rings. The lowest BCUT2D eigenvalue weighted by atomic mass is 9.87. The first kappa shape index (κ1) is 15.0. The third-order valence-corrected chi connectivity index (χ3v) is 3.00. The molecule has 2 unspecified atom stereocenters. The summed E-state index contributed by atoms with van der Waals surface area (Å²) in [7, 11) is 0. The van der Waals surface area contributed by atoms with Gasteiger partial charge in [-0.15, -0.1) is 0 Å². The monoisotopic (exact) mass is 269 g/mol. The molecule has 0 aliphatic heterocycles. The second kappa shape index (κ2) is 6.76. The van der Waals surface area contributed by atoms with Gasteiger partial charge in [-0.1, -0.05) is 37.6 Å². The van der Waals surface area contributed by atoms with Crippen LogP contribution in [0.4, 0.5) is 0 Å². The van der Waals surface area contributed by atoms with Crippen LogP contribution in [0.5, 0.6) is 0 Å². The van der Waals surface area contributed by atoms with E-state index in [0.29, 0.717) is 5.02 Å². The summed E-state index contributed by atoms with van der Waals surface area (Å²) in [5.41, 5.74) is 0.942. The van der Waals surface area contributed by atoms with Gasteiger partial charge in [0.25, 0.3) is 0 Å². The lowest BCUT2D eigenvalue weighted by Gasteiger charge is -2.21. The highest BCUT2D eigenvalue weighted by molar-refractivity contribution is 6.30. The number of halogens is 1. The Morgan fingerprint density at radius 3 is 2.28 bits per heavy atom. The van der Waals surface area contributed by atoms with E-state index in [1.165, 1.54) is 0 Å². The Kier molecular flexibility index (Phi) is 5.63. The van der Waals surface area contributed by atoms with Crippen molar-refractivity contribution in [1.29, 1.82) is 0 Å².